The van der Waals surface area contributed by atoms with Gasteiger partial charge in [0.1, 0.15) is 0 Å². The van der Waals surface area contributed by atoms with Crippen molar-refractivity contribution in [2.75, 3.05) is 6.54 Å². The Balaban J connectivity index is 2.05. The second-order valence-electron chi connectivity index (χ2n) is 6.77. The number of rotatable bonds is 4. The summed E-state index contributed by atoms with van der Waals surface area (Å²) in [4.78, 5) is 4.58. The van der Waals surface area contributed by atoms with Gasteiger partial charge >= 0.3 is 0 Å². The maximum absolute atomic E-state index is 5.93. The molecule has 102 valence electrons. The van der Waals surface area contributed by atoms with Gasteiger partial charge in [-0.1, -0.05) is 38.8 Å². The molecule has 4 heteroatoms. The summed E-state index contributed by atoms with van der Waals surface area (Å²) in [5.41, 5.74) is 6.20. The molecule has 1 heterocycles. The van der Waals surface area contributed by atoms with E-state index in [9.17, 15) is 0 Å². The van der Waals surface area contributed by atoms with Crippen LogP contribution < -0.4 is 5.73 Å². The number of hydrogen-bond donors (Lipinski definition) is 1. The first-order valence-corrected chi connectivity index (χ1v) is 6.98. The molecule has 1 aromatic rings. The second kappa shape index (κ2) is 5.00. The summed E-state index contributed by atoms with van der Waals surface area (Å²) in [5.74, 6) is 1.60. The zero-order valence-electron chi connectivity index (χ0n) is 11.8. The Bertz CT molecular complexity index is 386. The summed E-state index contributed by atoms with van der Waals surface area (Å²) in [6, 6.07) is 0. The Morgan fingerprint density at radius 2 is 1.94 bits per heavy atom. The van der Waals surface area contributed by atoms with Crippen molar-refractivity contribution in [1.29, 1.82) is 0 Å². The van der Waals surface area contributed by atoms with Crippen LogP contribution in [0.3, 0.4) is 0 Å². The number of hydrogen-bond acceptors (Lipinski definition) is 4. The lowest BCUT2D eigenvalue weighted by Crippen LogP contribution is -2.32. The van der Waals surface area contributed by atoms with Crippen molar-refractivity contribution in [2.45, 2.75) is 64.7 Å². The van der Waals surface area contributed by atoms with E-state index in [0.717, 1.165) is 37.4 Å². The van der Waals surface area contributed by atoms with Gasteiger partial charge in [0.2, 0.25) is 5.89 Å². The van der Waals surface area contributed by atoms with E-state index in [0.29, 0.717) is 12.0 Å². The molecule has 0 spiro atoms. The Morgan fingerprint density at radius 3 is 2.50 bits per heavy atom. The van der Waals surface area contributed by atoms with E-state index in [1.165, 1.54) is 12.8 Å². The predicted molar refractivity (Wildman–Crippen MR) is 71.3 cm³/mol. The number of aryl methyl sites for hydroxylation is 1. The fraction of sp³-hybridized carbons (Fsp3) is 0.857. The van der Waals surface area contributed by atoms with Crippen LogP contribution in [-0.4, -0.2) is 16.7 Å². The Morgan fingerprint density at radius 1 is 1.28 bits per heavy atom. The van der Waals surface area contributed by atoms with Crippen molar-refractivity contribution in [3.8, 4) is 0 Å². The molecule has 0 aliphatic heterocycles. The quantitative estimate of drug-likeness (QED) is 0.893. The average Bonchev–Trinajstić information content (AvgIpc) is 2.95. The van der Waals surface area contributed by atoms with Gasteiger partial charge in [0.25, 0.3) is 0 Å². The first-order chi connectivity index (χ1) is 8.45. The second-order valence-corrected chi connectivity index (χ2v) is 6.77. The van der Waals surface area contributed by atoms with Gasteiger partial charge in [-0.2, -0.15) is 4.98 Å². The molecule has 4 nitrogen and oxygen atoms in total. The summed E-state index contributed by atoms with van der Waals surface area (Å²) in [5, 5.41) is 4.12. The van der Waals surface area contributed by atoms with Crippen molar-refractivity contribution in [3.05, 3.63) is 11.7 Å². The largest absolute Gasteiger partial charge is 0.339 e. The molecule has 0 unspecified atom stereocenters. The average molecular weight is 251 g/mol. The lowest BCUT2D eigenvalue weighted by Gasteiger charge is -2.21. The Hall–Kier alpha value is -0.900. The molecule has 18 heavy (non-hydrogen) atoms. The maximum atomic E-state index is 5.93. The van der Waals surface area contributed by atoms with Crippen molar-refractivity contribution < 1.29 is 4.52 Å². The summed E-state index contributed by atoms with van der Waals surface area (Å²) in [7, 11) is 0. The standard InChI is InChI=1S/C14H25N3O/c1-13(2,3)9-6-11-16-12(18-17-11)14(10-15)7-4-5-8-14/h4-10,15H2,1-3H3. The highest BCUT2D eigenvalue weighted by Crippen LogP contribution is 2.39. The summed E-state index contributed by atoms with van der Waals surface area (Å²) in [6.07, 6.45) is 6.57. The normalized spacial score (nSPS) is 19.3. The van der Waals surface area contributed by atoms with Crippen molar-refractivity contribution in [2.24, 2.45) is 11.1 Å². The van der Waals surface area contributed by atoms with Gasteiger partial charge in [-0.05, 0) is 24.7 Å². The van der Waals surface area contributed by atoms with Gasteiger partial charge in [-0.25, -0.2) is 0 Å². The number of nitrogens with two attached hydrogens (primary N) is 1. The van der Waals surface area contributed by atoms with Crippen LogP contribution in [-0.2, 0) is 11.8 Å². The fourth-order valence-electron chi connectivity index (χ4n) is 2.61. The molecule has 1 fully saturated rings. The van der Waals surface area contributed by atoms with E-state index in [1.54, 1.807) is 0 Å². The van der Waals surface area contributed by atoms with E-state index in [1.807, 2.05) is 0 Å². The van der Waals surface area contributed by atoms with Gasteiger partial charge in [-0.15, -0.1) is 0 Å². The molecule has 0 saturated heterocycles. The summed E-state index contributed by atoms with van der Waals surface area (Å²) >= 11 is 0. The third-order valence-corrected chi connectivity index (χ3v) is 3.97. The van der Waals surface area contributed by atoms with Crippen molar-refractivity contribution in [1.82, 2.24) is 10.1 Å². The van der Waals surface area contributed by atoms with Crippen LogP contribution >= 0.6 is 0 Å². The van der Waals surface area contributed by atoms with E-state index in [2.05, 4.69) is 30.9 Å². The lowest BCUT2D eigenvalue weighted by molar-refractivity contribution is 0.282. The van der Waals surface area contributed by atoms with Crippen LogP contribution in [0, 0.1) is 5.41 Å². The Labute approximate surface area is 109 Å². The minimum Gasteiger partial charge on any atom is -0.339 e. The van der Waals surface area contributed by atoms with Crippen LogP contribution in [0.4, 0.5) is 0 Å². The maximum Gasteiger partial charge on any atom is 0.234 e. The lowest BCUT2D eigenvalue weighted by atomic mass is 9.86. The van der Waals surface area contributed by atoms with Crippen LogP contribution in [0.2, 0.25) is 0 Å². The first-order valence-electron chi connectivity index (χ1n) is 6.98. The molecule has 1 saturated carbocycles. The first kappa shape index (κ1) is 13.5. The molecular formula is C14H25N3O. The van der Waals surface area contributed by atoms with Crippen molar-refractivity contribution in [3.63, 3.8) is 0 Å². The third kappa shape index (κ3) is 2.91. The Kier molecular flexibility index (Phi) is 3.76. The zero-order chi connectivity index (χ0) is 13.2. The summed E-state index contributed by atoms with van der Waals surface area (Å²) in [6.45, 7) is 7.30. The summed E-state index contributed by atoms with van der Waals surface area (Å²) < 4.78 is 5.47. The highest BCUT2D eigenvalue weighted by Gasteiger charge is 2.39. The monoisotopic (exact) mass is 251 g/mol. The molecule has 0 bridgehead atoms. The van der Waals surface area contributed by atoms with Gasteiger partial charge in [0.05, 0.1) is 5.41 Å². The molecule has 0 amide bonds. The zero-order valence-corrected chi connectivity index (χ0v) is 11.8. The SMILES string of the molecule is CC(C)(C)CCc1noc(C2(CN)CCCC2)n1. The van der Waals surface area contributed by atoms with E-state index in [-0.39, 0.29) is 5.41 Å². The van der Waals surface area contributed by atoms with E-state index in [4.69, 9.17) is 10.3 Å². The van der Waals surface area contributed by atoms with Gasteiger partial charge in [0.15, 0.2) is 5.82 Å². The topological polar surface area (TPSA) is 64.9 Å². The number of nitrogens with zero attached hydrogens (tertiary/aromatic N) is 2. The molecule has 0 radical (unpaired) electrons. The number of aromatic nitrogens is 2. The highest BCUT2D eigenvalue weighted by molar-refractivity contribution is 5.09. The van der Waals surface area contributed by atoms with Crippen molar-refractivity contribution >= 4 is 0 Å². The van der Waals surface area contributed by atoms with Gasteiger partial charge < -0.3 is 10.3 Å². The molecule has 2 N–H and O–H groups in total. The molecule has 0 atom stereocenters. The smallest absolute Gasteiger partial charge is 0.234 e. The van der Waals surface area contributed by atoms with Gasteiger partial charge in [-0.3, -0.25) is 0 Å². The third-order valence-electron chi connectivity index (χ3n) is 3.97. The molecule has 1 aliphatic carbocycles. The minimum atomic E-state index is -0.0347. The van der Waals surface area contributed by atoms with Crippen LogP contribution in [0.1, 0.15) is 64.6 Å². The minimum absolute atomic E-state index is 0.0347. The van der Waals surface area contributed by atoms with Crippen LogP contribution in [0.15, 0.2) is 4.52 Å². The van der Waals surface area contributed by atoms with Gasteiger partial charge in [0, 0.05) is 13.0 Å². The molecule has 1 aliphatic rings. The molecule has 2 rings (SSSR count). The molecule has 0 aromatic carbocycles. The molecule has 1 aromatic heterocycles. The van der Waals surface area contributed by atoms with E-state index >= 15 is 0 Å². The molecular weight excluding hydrogens is 226 g/mol. The highest BCUT2D eigenvalue weighted by atomic mass is 16.5. The van der Waals surface area contributed by atoms with Crippen LogP contribution in [0.25, 0.3) is 0 Å². The predicted octanol–water partition coefficient (Wildman–Crippen LogP) is 2.82. The van der Waals surface area contributed by atoms with Crippen LogP contribution in [0.5, 0.6) is 0 Å². The fourth-order valence-corrected chi connectivity index (χ4v) is 2.61. The van der Waals surface area contributed by atoms with E-state index < -0.39 is 0 Å².